The summed E-state index contributed by atoms with van der Waals surface area (Å²) in [5, 5.41) is 1.25. The third-order valence-corrected chi connectivity index (χ3v) is 4.00. The first-order valence-corrected chi connectivity index (χ1v) is 6.89. The Bertz CT molecular complexity index is 1310. The van der Waals surface area contributed by atoms with E-state index in [0.717, 1.165) is 0 Å². The van der Waals surface area contributed by atoms with Gasteiger partial charge in [0.1, 0.15) is 0 Å². The highest BCUT2D eigenvalue weighted by molar-refractivity contribution is 7.12. The number of hydrogen-bond acceptors (Lipinski definition) is 3. The minimum atomic E-state index is -3.33. The van der Waals surface area contributed by atoms with Gasteiger partial charge in [-0.1, -0.05) is 29.7 Å². The molecule has 3 heteroatoms. The van der Waals surface area contributed by atoms with E-state index < -0.39 is 95.8 Å². The maximum absolute atomic E-state index is 13.1. The zero-order valence-electron chi connectivity index (χ0n) is 24.5. The van der Waals surface area contributed by atoms with Crippen molar-refractivity contribution in [1.29, 1.82) is 0 Å². The lowest BCUT2D eigenvalue weighted by Gasteiger charge is -2.21. The van der Waals surface area contributed by atoms with Crippen molar-refractivity contribution in [2.24, 2.45) is 0 Å². The highest BCUT2D eigenvalue weighted by atomic mass is 32.1. The van der Waals surface area contributed by atoms with Gasteiger partial charge >= 0.3 is 0 Å². The Kier molecular flexibility index (Phi) is 1.22. The molecule has 0 spiro atoms. The van der Waals surface area contributed by atoms with Crippen LogP contribution >= 0.6 is 11.3 Å². The van der Waals surface area contributed by atoms with Gasteiger partial charge in [-0.25, -0.2) is 0 Å². The summed E-state index contributed by atoms with van der Waals surface area (Å²) < 4.78 is 116. The third kappa shape index (κ3) is 2.17. The van der Waals surface area contributed by atoms with Crippen molar-refractivity contribution < 1.29 is 24.0 Å². The van der Waals surface area contributed by atoms with Crippen LogP contribution in [0.4, 0.5) is 0 Å². The summed E-state index contributed by atoms with van der Waals surface area (Å²) in [6.07, 6.45) is -7.28. The Morgan fingerprint density at radius 1 is 1.14 bits per heavy atom. The van der Waals surface area contributed by atoms with Gasteiger partial charge in [0.25, 0.3) is 0 Å². The molecule has 1 saturated heterocycles. The molecule has 1 aliphatic heterocycles. The van der Waals surface area contributed by atoms with Gasteiger partial charge in [-0.2, -0.15) is 0 Å². The lowest BCUT2D eigenvalue weighted by Crippen LogP contribution is -2.24. The first kappa shape index (κ1) is 4.90. The molecule has 1 N–H and O–H groups in total. The molecule has 4 rings (SSSR count). The number of rotatable bonds is 0. The lowest BCUT2D eigenvalue weighted by molar-refractivity contribution is 0.0997. The summed E-state index contributed by atoms with van der Waals surface area (Å²) >= 11 is 0.528. The molecule has 0 bridgehead atoms. The zero-order valence-corrected chi connectivity index (χ0v) is 11.3. The fraction of sp³-hybridized carbons (Fsp3) is 0.278. The van der Waals surface area contributed by atoms with Crippen molar-refractivity contribution in [1.82, 2.24) is 5.32 Å². The summed E-state index contributed by atoms with van der Waals surface area (Å²) in [6, 6.07) is -3.58. The van der Waals surface area contributed by atoms with E-state index in [1.54, 1.807) is 5.32 Å². The number of Topliss-reactive ketones (excluding diaryl/α,β-unsaturated/α-hetero) is 1. The molecular formula is C18H17NOS. The second-order valence-electron chi connectivity index (χ2n) is 4.36. The van der Waals surface area contributed by atoms with Crippen LogP contribution in [-0.2, 0) is 6.42 Å². The van der Waals surface area contributed by atoms with E-state index in [2.05, 4.69) is 0 Å². The first-order valence-electron chi connectivity index (χ1n) is 13.1. The smallest absolute Gasteiger partial charge is 0.177 e. The van der Waals surface area contributed by atoms with Crippen LogP contribution in [-0.4, -0.2) is 18.8 Å². The fourth-order valence-electron chi connectivity index (χ4n) is 2.28. The van der Waals surface area contributed by atoms with Crippen LogP contribution in [0.25, 0.3) is 5.57 Å². The van der Waals surface area contributed by atoms with Crippen molar-refractivity contribution in [3.63, 3.8) is 0 Å². The average Bonchev–Trinajstić information content (AvgIpc) is 2.94. The lowest BCUT2D eigenvalue weighted by atomic mass is 9.88. The van der Waals surface area contributed by atoms with E-state index in [4.69, 9.17) is 19.2 Å². The Balaban J connectivity index is 2.38. The van der Waals surface area contributed by atoms with Crippen molar-refractivity contribution in [3.8, 4) is 0 Å². The minimum Gasteiger partial charge on any atom is -0.316 e. The number of carbonyl (C=O) groups excluding carboxylic acids is 1. The van der Waals surface area contributed by atoms with E-state index in [1.165, 1.54) is 0 Å². The molecular weight excluding hydrogens is 278 g/mol. The Hall–Kier alpha value is -1.71. The fourth-order valence-corrected chi connectivity index (χ4v) is 2.98. The quantitative estimate of drug-likeness (QED) is 0.804. The summed E-state index contributed by atoms with van der Waals surface area (Å²) in [5.41, 5.74) is -3.19. The number of ketones is 1. The van der Waals surface area contributed by atoms with Crippen LogP contribution in [0.5, 0.6) is 0 Å². The van der Waals surface area contributed by atoms with Crippen LogP contribution in [0.15, 0.2) is 41.1 Å². The predicted molar refractivity (Wildman–Crippen MR) is 86.9 cm³/mol. The van der Waals surface area contributed by atoms with Crippen LogP contribution in [0.3, 0.4) is 0 Å². The molecule has 0 atom stereocenters. The molecule has 0 unspecified atom stereocenters. The van der Waals surface area contributed by atoms with Crippen molar-refractivity contribution >= 4 is 22.7 Å². The van der Waals surface area contributed by atoms with Gasteiger partial charge in [0.05, 0.1) is 13.1 Å². The van der Waals surface area contributed by atoms with Crippen molar-refractivity contribution in [3.05, 3.63) is 62.7 Å². The molecule has 0 saturated carbocycles. The molecule has 21 heavy (non-hydrogen) atoms. The third-order valence-electron chi connectivity index (χ3n) is 3.16. The standard InChI is InChI=1S/C18H17NOS/c20-16-11-13-3-1-2-4-14(13)17(12-5-8-19-9-6-12)15-7-10-21-18(15)16/h1-4,7,10,19H,5-6,8-9,11H2/i1D,2D,3D,4D,5D2,6D2,7D,8D2,9D2,10D. The van der Waals surface area contributed by atoms with Crippen LogP contribution in [0.1, 0.15) is 58.3 Å². The monoisotopic (exact) mass is 309 g/mol. The van der Waals surface area contributed by atoms with Gasteiger partial charge in [-0.15, -0.1) is 11.3 Å². The summed E-state index contributed by atoms with van der Waals surface area (Å²) in [7, 11) is 0. The number of nitrogens with one attached hydrogen (secondary N) is 1. The SMILES string of the molecule is [2H]c1sc2c(c1[2H])C(=C1C([2H])([2H])C([2H])([2H])NC([2H])([2H])C1([2H])[2H])c1c([2H])c([2H])c([2H])c([2H])c1CC2=O. The number of hydrogen-bond donors (Lipinski definition) is 1. The van der Waals surface area contributed by atoms with E-state index in [9.17, 15) is 4.79 Å². The molecule has 2 aliphatic rings. The minimum absolute atomic E-state index is 0.290. The molecule has 1 aliphatic carbocycles. The average molecular weight is 309 g/mol. The van der Waals surface area contributed by atoms with Crippen LogP contribution in [0.2, 0.25) is 0 Å². The summed E-state index contributed by atoms with van der Waals surface area (Å²) in [5.74, 6) is -0.750. The van der Waals surface area contributed by atoms with E-state index in [-0.39, 0.29) is 10.4 Å². The van der Waals surface area contributed by atoms with Gasteiger partial charge in [-0.3, -0.25) is 4.79 Å². The van der Waals surface area contributed by atoms with Crippen molar-refractivity contribution in [2.45, 2.75) is 19.2 Å². The van der Waals surface area contributed by atoms with E-state index in [1.807, 2.05) is 0 Å². The molecule has 1 fully saturated rings. The van der Waals surface area contributed by atoms with Gasteiger partial charge in [0.2, 0.25) is 0 Å². The Morgan fingerprint density at radius 3 is 2.81 bits per heavy atom. The first-order chi connectivity index (χ1) is 15.8. The van der Waals surface area contributed by atoms with Crippen LogP contribution < -0.4 is 5.32 Å². The number of carbonyl (C=O) groups is 1. The van der Waals surface area contributed by atoms with Crippen LogP contribution in [0, 0.1) is 0 Å². The highest BCUT2D eigenvalue weighted by Crippen LogP contribution is 2.39. The molecule has 106 valence electrons. The van der Waals surface area contributed by atoms with E-state index in [0.29, 0.717) is 11.3 Å². The molecule has 0 amide bonds. The largest absolute Gasteiger partial charge is 0.316 e. The Labute approximate surface area is 148 Å². The van der Waals surface area contributed by atoms with Gasteiger partial charge in [0, 0.05) is 23.0 Å². The second kappa shape index (κ2) is 5.24. The molecule has 2 aromatic rings. The second-order valence-corrected chi connectivity index (χ2v) is 5.18. The molecule has 0 radical (unpaired) electrons. The molecule has 2 nitrogen and oxygen atoms in total. The van der Waals surface area contributed by atoms with E-state index >= 15 is 0 Å². The normalized spacial score (nSPS) is 37.4. The topological polar surface area (TPSA) is 29.1 Å². The maximum Gasteiger partial charge on any atom is 0.177 e. The zero-order chi connectivity index (χ0) is 26.6. The van der Waals surface area contributed by atoms with Gasteiger partial charge in [-0.05, 0) is 53.8 Å². The maximum atomic E-state index is 13.1. The predicted octanol–water partition coefficient (Wildman–Crippen LogP) is 3.67. The molecule has 2 heterocycles. The highest BCUT2D eigenvalue weighted by Gasteiger charge is 2.26. The molecule has 1 aromatic heterocycles. The number of piperidine rings is 1. The number of benzene rings is 1. The summed E-state index contributed by atoms with van der Waals surface area (Å²) in [4.78, 5) is 12.8. The van der Waals surface area contributed by atoms with Crippen molar-refractivity contribution in [2.75, 3.05) is 13.0 Å². The van der Waals surface area contributed by atoms with Gasteiger partial charge in [0.15, 0.2) is 5.78 Å². The summed E-state index contributed by atoms with van der Waals surface area (Å²) in [6.45, 7) is -6.43. The molecule has 1 aromatic carbocycles. The number of fused-ring (bicyclic) bond motifs is 2. The Morgan fingerprint density at radius 2 is 1.95 bits per heavy atom. The van der Waals surface area contributed by atoms with Gasteiger partial charge < -0.3 is 5.32 Å². The number of thiophene rings is 1.